The zero-order valence-electron chi connectivity index (χ0n) is 12.9. The molecule has 0 unspecified atom stereocenters. The van der Waals surface area contributed by atoms with Crippen molar-refractivity contribution < 1.29 is 23.9 Å². The standard InChI is InChI=1S/C17H18O5/c1-9-5-4-6-17(2)16(22-17)15(20)13-10(7-9)14(19)12(21-3)8-11(13)18/h5,8,16H,4,6-7H2,1-3H3/b9-5-/t16-,17-/m1/s1. The van der Waals surface area contributed by atoms with E-state index in [0.717, 1.165) is 24.5 Å². The number of carbonyl (C=O) groups excluding carboxylic acids is 3. The summed E-state index contributed by atoms with van der Waals surface area (Å²) in [5.41, 5.74) is 0.622. The Labute approximate surface area is 128 Å². The molecule has 1 heterocycles. The number of fused-ring (bicyclic) bond motifs is 1. The van der Waals surface area contributed by atoms with Gasteiger partial charge in [-0.15, -0.1) is 0 Å². The summed E-state index contributed by atoms with van der Waals surface area (Å²) in [5, 5.41) is 0. The molecule has 0 aromatic carbocycles. The molecule has 116 valence electrons. The summed E-state index contributed by atoms with van der Waals surface area (Å²) in [7, 11) is 1.34. The Bertz CT molecular complexity index is 679. The summed E-state index contributed by atoms with van der Waals surface area (Å²) in [6, 6.07) is 0. The number of ether oxygens (including phenoxy) is 2. The molecule has 22 heavy (non-hydrogen) atoms. The molecule has 0 saturated carbocycles. The van der Waals surface area contributed by atoms with Crippen LogP contribution in [-0.4, -0.2) is 36.2 Å². The van der Waals surface area contributed by atoms with Gasteiger partial charge in [0.1, 0.15) is 11.7 Å². The molecule has 0 bridgehead atoms. The lowest BCUT2D eigenvalue weighted by molar-refractivity contribution is -0.123. The van der Waals surface area contributed by atoms with E-state index in [1.54, 1.807) is 0 Å². The summed E-state index contributed by atoms with van der Waals surface area (Å²) in [5.74, 6) is -1.25. The van der Waals surface area contributed by atoms with Crippen molar-refractivity contribution in [1.82, 2.24) is 0 Å². The largest absolute Gasteiger partial charge is 0.493 e. The molecule has 3 rings (SSSR count). The van der Waals surface area contributed by atoms with E-state index in [4.69, 9.17) is 9.47 Å². The quantitative estimate of drug-likeness (QED) is 0.320. The summed E-state index contributed by atoms with van der Waals surface area (Å²) in [6.45, 7) is 3.76. The molecule has 2 atom stereocenters. The van der Waals surface area contributed by atoms with Crippen LogP contribution in [0.15, 0.2) is 34.6 Å². The molecule has 0 aromatic heterocycles. The monoisotopic (exact) mass is 302 g/mol. The fourth-order valence-electron chi connectivity index (χ4n) is 3.10. The van der Waals surface area contributed by atoms with E-state index in [1.807, 2.05) is 19.9 Å². The maximum Gasteiger partial charge on any atom is 0.224 e. The predicted octanol–water partition coefficient (Wildman–Crippen LogP) is 1.82. The number of ketones is 3. The Morgan fingerprint density at radius 3 is 2.73 bits per heavy atom. The van der Waals surface area contributed by atoms with Crippen molar-refractivity contribution in [1.29, 1.82) is 0 Å². The second-order valence-corrected chi connectivity index (χ2v) is 6.20. The highest BCUT2D eigenvalue weighted by molar-refractivity contribution is 6.34. The second kappa shape index (κ2) is 5.02. The summed E-state index contributed by atoms with van der Waals surface area (Å²) in [4.78, 5) is 37.5. The topological polar surface area (TPSA) is 73.0 Å². The summed E-state index contributed by atoms with van der Waals surface area (Å²) in [6.07, 6.45) is 4.31. The molecule has 0 aromatic rings. The Morgan fingerprint density at radius 1 is 1.32 bits per heavy atom. The molecule has 0 spiro atoms. The third-order valence-electron chi connectivity index (χ3n) is 4.49. The van der Waals surface area contributed by atoms with E-state index in [1.165, 1.54) is 7.11 Å². The van der Waals surface area contributed by atoms with Gasteiger partial charge in [-0.2, -0.15) is 0 Å². The molecule has 5 heteroatoms. The Balaban J connectivity index is 2.10. The number of rotatable bonds is 1. The minimum atomic E-state index is -0.626. The van der Waals surface area contributed by atoms with E-state index in [9.17, 15) is 14.4 Å². The molecule has 0 N–H and O–H groups in total. The number of hydrogen-bond acceptors (Lipinski definition) is 5. The molecular weight excluding hydrogens is 284 g/mol. The van der Waals surface area contributed by atoms with Gasteiger partial charge in [0.05, 0.1) is 12.7 Å². The molecule has 1 saturated heterocycles. The van der Waals surface area contributed by atoms with Crippen LogP contribution in [0.1, 0.15) is 33.1 Å². The third kappa shape index (κ3) is 2.25. The average Bonchev–Trinajstić information content (AvgIpc) is 3.13. The molecule has 0 amide bonds. The van der Waals surface area contributed by atoms with Crippen molar-refractivity contribution in [3.63, 3.8) is 0 Å². The van der Waals surface area contributed by atoms with Crippen LogP contribution in [0.2, 0.25) is 0 Å². The molecule has 0 radical (unpaired) electrons. The Hall–Kier alpha value is -2.01. The number of allylic oxidation sites excluding steroid dienone is 4. The normalized spacial score (nSPS) is 34.3. The van der Waals surface area contributed by atoms with E-state index in [2.05, 4.69) is 0 Å². The first-order chi connectivity index (χ1) is 10.4. The van der Waals surface area contributed by atoms with Crippen molar-refractivity contribution in [3.05, 3.63) is 34.6 Å². The first-order valence-electron chi connectivity index (χ1n) is 7.33. The van der Waals surface area contributed by atoms with Crippen LogP contribution in [0.5, 0.6) is 0 Å². The van der Waals surface area contributed by atoms with E-state index < -0.39 is 17.5 Å². The number of hydrogen-bond donors (Lipinski definition) is 0. The fraction of sp³-hybridized carbons (Fsp3) is 0.471. The Morgan fingerprint density at radius 2 is 2.05 bits per heavy atom. The van der Waals surface area contributed by atoms with Crippen LogP contribution < -0.4 is 0 Å². The summed E-state index contributed by atoms with van der Waals surface area (Å²) < 4.78 is 10.5. The minimum Gasteiger partial charge on any atom is -0.493 e. The molecule has 2 aliphatic carbocycles. The van der Waals surface area contributed by atoms with E-state index in [0.29, 0.717) is 0 Å². The van der Waals surface area contributed by atoms with Gasteiger partial charge in [-0.3, -0.25) is 14.4 Å². The van der Waals surface area contributed by atoms with Crippen LogP contribution >= 0.6 is 0 Å². The average molecular weight is 302 g/mol. The minimum absolute atomic E-state index is 0.0131. The number of Topliss-reactive ketones (excluding diaryl/α,β-unsaturated/α-hetero) is 2. The van der Waals surface area contributed by atoms with Gasteiger partial charge in [0.15, 0.2) is 17.3 Å². The number of carbonyl (C=O) groups is 3. The molecular formula is C17H18O5. The van der Waals surface area contributed by atoms with Crippen molar-refractivity contribution in [2.24, 2.45) is 0 Å². The SMILES string of the molecule is COC1=CC(=O)C2=C(C/C(C)=C\CC[C@@]3(C)O[C@@H]3C2=O)C1=O. The molecule has 1 fully saturated rings. The fourth-order valence-corrected chi connectivity index (χ4v) is 3.10. The van der Waals surface area contributed by atoms with Crippen LogP contribution in [0, 0.1) is 0 Å². The highest BCUT2D eigenvalue weighted by atomic mass is 16.6. The molecule has 1 aliphatic heterocycles. The van der Waals surface area contributed by atoms with Crippen LogP contribution in [0.3, 0.4) is 0 Å². The van der Waals surface area contributed by atoms with Gasteiger partial charge in [0.25, 0.3) is 0 Å². The van der Waals surface area contributed by atoms with Gasteiger partial charge >= 0.3 is 0 Å². The van der Waals surface area contributed by atoms with Gasteiger partial charge in [0.2, 0.25) is 5.78 Å². The maximum atomic E-state index is 12.7. The van der Waals surface area contributed by atoms with Gasteiger partial charge < -0.3 is 9.47 Å². The lowest BCUT2D eigenvalue weighted by Crippen LogP contribution is -2.30. The predicted molar refractivity (Wildman–Crippen MR) is 78.0 cm³/mol. The second-order valence-electron chi connectivity index (χ2n) is 6.20. The Kier molecular flexibility index (Phi) is 3.40. The number of epoxide rings is 1. The van der Waals surface area contributed by atoms with Crippen molar-refractivity contribution in [2.45, 2.75) is 44.8 Å². The lowest BCUT2D eigenvalue weighted by Gasteiger charge is -2.19. The highest BCUT2D eigenvalue weighted by Crippen LogP contribution is 2.44. The molecule has 5 nitrogen and oxygen atoms in total. The smallest absolute Gasteiger partial charge is 0.224 e. The van der Waals surface area contributed by atoms with Gasteiger partial charge in [0, 0.05) is 11.6 Å². The van der Waals surface area contributed by atoms with Crippen molar-refractivity contribution >= 4 is 17.3 Å². The highest BCUT2D eigenvalue weighted by Gasteiger charge is 2.58. The van der Waals surface area contributed by atoms with Gasteiger partial charge in [-0.05, 0) is 33.1 Å². The van der Waals surface area contributed by atoms with Gasteiger partial charge in [-0.1, -0.05) is 11.6 Å². The summed E-state index contributed by atoms with van der Waals surface area (Å²) >= 11 is 0. The maximum absolute atomic E-state index is 12.7. The first kappa shape index (κ1) is 14.9. The van der Waals surface area contributed by atoms with Gasteiger partial charge in [-0.25, -0.2) is 0 Å². The zero-order chi connectivity index (χ0) is 16.1. The zero-order valence-corrected chi connectivity index (χ0v) is 12.9. The third-order valence-corrected chi connectivity index (χ3v) is 4.49. The van der Waals surface area contributed by atoms with E-state index >= 15 is 0 Å². The van der Waals surface area contributed by atoms with Crippen molar-refractivity contribution in [3.8, 4) is 0 Å². The lowest BCUT2D eigenvalue weighted by atomic mass is 9.83. The van der Waals surface area contributed by atoms with E-state index in [-0.39, 0.29) is 34.9 Å². The van der Waals surface area contributed by atoms with Crippen LogP contribution in [0.4, 0.5) is 0 Å². The first-order valence-corrected chi connectivity index (χ1v) is 7.33. The van der Waals surface area contributed by atoms with Crippen LogP contribution in [0.25, 0.3) is 0 Å². The molecule has 3 aliphatic rings. The van der Waals surface area contributed by atoms with Crippen molar-refractivity contribution in [2.75, 3.05) is 7.11 Å². The van der Waals surface area contributed by atoms with Crippen LogP contribution in [-0.2, 0) is 23.9 Å². The number of methoxy groups -OCH3 is 1.